The lowest BCUT2D eigenvalue weighted by atomic mass is 10.2. The second kappa shape index (κ2) is 5.99. The average molecular weight is 304 g/mol. The van der Waals surface area contributed by atoms with Gasteiger partial charge in [-0.3, -0.25) is 4.72 Å². The second-order valence-electron chi connectivity index (χ2n) is 4.09. The lowest BCUT2D eigenvalue weighted by Crippen LogP contribution is -2.13. The van der Waals surface area contributed by atoms with Crippen LogP contribution in [0.3, 0.4) is 0 Å². The minimum absolute atomic E-state index is 0.217. The van der Waals surface area contributed by atoms with Crippen molar-refractivity contribution in [1.82, 2.24) is 0 Å². The van der Waals surface area contributed by atoms with Gasteiger partial charge in [-0.25, -0.2) is 8.42 Å². The molecule has 0 aromatic heterocycles. The molecule has 6 heteroatoms. The Hall–Kier alpha value is -1.97. The van der Waals surface area contributed by atoms with Gasteiger partial charge in [-0.05, 0) is 54.6 Å². The van der Waals surface area contributed by atoms with E-state index in [-0.39, 0.29) is 4.90 Å². The number of sulfonamides is 1. The molecule has 0 atom stereocenters. The SMILES string of the molecule is Cc1cc(SC#N)ccc1NS(=O)(=O)c1ccccc1. The summed E-state index contributed by atoms with van der Waals surface area (Å²) >= 11 is 1.04. The lowest BCUT2D eigenvalue weighted by Gasteiger charge is -2.11. The summed E-state index contributed by atoms with van der Waals surface area (Å²) in [6, 6.07) is 13.3. The predicted molar refractivity (Wildman–Crippen MR) is 79.9 cm³/mol. The van der Waals surface area contributed by atoms with Crippen molar-refractivity contribution in [3.05, 3.63) is 54.1 Å². The van der Waals surface area contributed by atoms with Gasteiger partial charge in [-0.15, -0.1) is 0 Å². The number of anilines is 1. The third-order valence-corrected chi connectivity index (χ3v) is 4.62. The Kier molecular flexibility index (Phi) is 4.32. The molecule has 0 spiro atoms. The van der Waals surface area contributed by atoms with E-state index in [1.165, 1.54) is 12.1 Å². The molecule has 102 valence electrons. The predicted octanol–water partition coefficient (Wildman–Crippen LogP) is 3.37. The van der Waals surface area contributed by atoms with Gasteiger partial charge in [0.05, 0.1) is 10.6 Å². The van der Waals surface area contributed by atoms with E-state index in [9.17, 15) is 8.42 Å². The van der Waals surface area contributed by atoms with Gasteiger partial charge in [-0.1, -0.05) is 18.2 Å². The molecule has 0 bridgehead atoms. The van der Waals surface area contributed by atoms with E-state index in [0.29, 0.717) is 5.69 Å². The van der Waals surface area contributed by atoms with Gasteiger partial charge in [0.1, 0.15) is 5.40 Å². The van der Waals surface area contributed by atoms with E-state index < -0.39 is 10.0 Å². The van der Waals surface area contributed by atoms with Crippen LogP contribution in [0.15, 0.2) is 58.3 Å². The molecule has 2 aromatic carbocycles. The highest BCUT2D eigenvalue weighted by molar-refractivity contribution is 8.03. The first-order valence-electron chi connectivity index (χ1n) is 5.77. The molecule has 2 rings (SSSR count). The molecule has 2 aromatic rings. The number of nitrogens with zero attached hydrogens (tertiary/aromatic N) is 1. The Labute approximate surface area is 122 Å². The zero-order valence-electron chi connectivity index (χ0n) is 10.7. The Morgan fingerprint density at radius 3 is 2.45 bits per heavy atom. The normalized spacial score (nSPS) is 10.8. The third kappa shape index (κ3) is 3.32. The lowest BCUT2D eigenvalue weighted by molar-refractivity contribution is 0.601. The van der Waals surface area contributed by atoms with Crippen molar-refractivity contribution in [2.75, 3.05) is 4.72 Å². The molecule has 0 unspecified atom stereocenters. The van der Waals surface area contributed by atoms with E-state index in [1.807, 2.05) is 5.40 Å². The molecule has 0 fully saturated rings. The van der Waals surface area contributed by atoms with Crippen molar-refractivity contribution in [3.63, 3.8) is 0 Å². The number of hydrogen-bond acceptors (Lipinski definition) is 4. The molecule has 0 aliphatic carbocycles. The summed E-state index contributed by atoms with van der Waals surface area (Å²) in [6.45, 7) is 1.80. The summed E-state index contributed by atoms with van der Waals surface area (Å²) < 4.78 is 26.9. The standard InChI is InChI=1S/C14H12N2O2S2/c1-11-9-12(19-10-15)7-8-14(11)16-20(17,18)13-5-3-2-4-6-13/h2-9,16H,1H3. The van der Waals surface area contributed by atoms with Gasteiger partial charge in [0, 0.05) is 4.90 Å². The number of nitriles is 1. The van der Waals surface area contributed by atoms with Gasteiger partial charge in [0.25, 0.3) is 10.0 Å². The first-order valence-corrected chi connectivity index (χ1v) is 8.07. The van der Waals surface area contributed by atoms with Crippen molar-refractivity contribution < 1.29 is 8.42 Å². The van der Waals surface area contributed by atoms with Crippen LogP contribution in [0, 0.1) is 17.6 Å². The number of aryl methyl sites for hydroxylation is 1. The first-order chi connectivity index (χ1) is 9.53. The quantitative estimate of drug-likeness (QED) is 0.694. The van der Waals surface area contributed by atoms with E-state index in [2.05, 4.69) is 4.72 Å². The van der Waals surface area contributed by atoms with Gasteiger partial charge < -0.3 is 0 Å². The second-order valence-corrected chi connectivity index (χ2v) is 6.63. The van der Waals surface area contributed by atoms with Gasteiger partial charge >= 0.3 is 0 Å². The number of thioether (sulfide) groups is 1. The summed E-state index contributed by atoms with van der Waals surface area (Å²) in [5, 5.41) is 10.6. The van der Waals surface area contributed by atoms with Crippen molar-refractivity contribution in [1.29, 1.82) is 5.26 Å². The van der Waals surface area contributed by atoms with Crippen LogP contribution < -0.4 is 4.72 Å². The third-order valence-electron chi connectivity index (χ3n) is 2.66. The van der Waals surface area contributed by atoms with Crippen molar-refractivity contribution in [3.8, 4) is 5.40 Å². The first kappa shape index (κ1) is 14.4. The van der Waals surface area contributed by atoms with Crippen LogP contribution >= 0.6 is 11.8 Å². The highest BCUT2D eigenvalue weighted by atomic mass is 32.2. The molecular formula is C14H12N2O2S2. The van der Waals surface area contributed by atoms with E-state index in [0.717, 1.165) is 22.2 Å². The summed E-state index contributed by atoms with van der Waals surface area (Å²) in [5.74, 6) is 0. The molecule has 0 heterocycles. The van der Waals surface area contributed by atoms with Gasteiger partial charge in [-0.2, -0.15) is 5.26 Å². The van der Waals surface area contributed by atoms with E-state index >= 15 is 0 Å². The molecule has 0 amide bonds. The number of benzene rings is 2. The molecule has 4 nitrogen and oxygen atoms in total. The monoisotopic (exact) mass is 304 g/mol. The summed E-state index contributed by atoms with van der Waals surface area (Å²) in [5.41, 5.74) is 1.28. The number of thiocyanates is 1. The number of hydrogen-bond donors (Lipinski definition) is 1. The fraction of sp³-hybridized carbons (Fsp3) is 0.0714. The summed E-state index contributed by atoms with van der Waals surface area (Å²) in [7, 11) is -3.58. The van der Waals surface area contributed by atoms with Crippen LogP contribution in [-0.4, -0.2) is 8.42 Å². The fourth-order valence-corrected chi connectivity index (χ4v) is 3.30. The zero-order chi connectivity index (χ0) is 14.6. The van der Waals surface area contributed by atoms with Crippen LogP contribution in [0.5, 0.6) is 0 Å². The topological polar surface area (TPSA) is 70.0 Å². The largest absolute Gasteiger partial charge is 0.279 e. The van der Waals surface area contributed by atoms with Crippen LogP contribution in [0.4, 0.5) is 5.69 Å². The zero-order valence-corrected chi connectivity index (χ0v) is 12.3. The van der Waals surface area contributed by atoms with Crippen LogP contribution in [0.25, 0.3) is 0 Å². The molecule has 1 N–H and O–H groups in total. The van der Waals surface area contributed by atoms with Crippen molar-refractivity contribution in [2.45, 2.75) is 16.7 Å². The highest BCUT2D eigenvalue weighted by Crippen LogP contribution is 2.25. The molecule has 0 radical (unpaired) electrons. The van der Waals surface area contributed by atoms with Crippen LogP contribution in [-0.2, 0) is 10.0 Å². The molecule has 20 heavy (non-hydrogen) atoms. The maximum atomic E-state index is 12.2. The minimum atomic E-state index is -3.58. The van der Waals surface area contributed by atoms with E-state index in [4.69, 9.17) is 5.26 Å². The molecule has 0 saturated heterocycles. The summed E-state index contributed by atoms with van der Waals surface area (Å²) in [6.07, 6.45) is 0. The minimum Gasteiger partial charge on any atom is -0.279 e. The highest BCUT2D eigenvalue weighted by Gasteiger charge is 2.14. The maximum Gasteiger partial charge on any atom is 0.261 e. The molecule has 0 aliphatic heterocycles. The van der Waals surface area contributed by atoms with Crippen LogP contribution in [0.2, 0.25) is 0 Å². The van der Waals surface area contributed by atoms with E-state index in [1.54, 1.807) is 43.3 Å². The fourth-order valence-electron chi connectivity index (χ4n) is 1.67. The van der Waals surface area contributed by atoms with Crippen molar-refractivity contribution >= 4 is 27.5 Å². The molecule has 0 aliphatic rings. The smallest absolute Gasteiger partial charge is 0.261 e. The Balaban J connectivity index is 2.29. The number of nitrogens with one attached hydrogen (secondary N) is 1. The average Bonchev–Trinajstić information content (AvgIpc) is 2.43. The molecule has 0 saturated carbocycles. The Morgan fingerprint density at radius 2 is 1.85 bits per heavy atom. The van der Waals surface area contributed by atoms with Crippen LogP contribution in [0.1, 0.15) is 5.56 Å². The maximum absolute atomic E-state index is 12.2. The van der Waals surface area contributed by atoms with Gasteiger partial charge in [0.2, 0.25) is 0 Å². The molecular weight excluding hydrogens is 292 g/mol. The number of rotatable bonds is 4. The van der Waals surface area contributed by atoms with Crippen molar-refractivity contribution in [2.24, 2.45) is 0 Å². The van der Waals surface area contributed by atoms with Gasteiger partial charge in [0.15, 0.2) is 0 Å². The summed E-state index contributed by atoms with van der Waals surface area (Å²) in [4.78, 5) is 1.00. The Morgan fingerprint density at radius 1 is 1.15 bits per heavy atom. The Bertz CT molecular complexity index is 750.